The fourth-order valence-corrected chi connectivity index (χ4v) is 3.48. The lowest BCUT2D eigenvalue weighted by Gasteiger charge is -2.19. The average molecular weight is 526 g/mol. The largest absolute Gasteiger partial charge is 0.490 e. The van der Waals surface area contributed by atoms with Crippen LogP contribution in [0.1, 0.15) is 26.3 Å². The van der Waals surface area contributed by atoms with E-state index in [4.69, 9.17) is 9.90 Å². The summed E-state index contributed by atoms with van der Waals surface area (Å²) in [5.74, 6) is -1.58. The normalized spacial score (nSPS) is 11.8. The van der Waals surface area contributed by atoms with Crippen LogP contribution in [0.4, 0.5) is 36.2 Å². The van der Waals surface area contributed by atoms with E-state index in [9.17, 15) is 21.6 Å². The third-order valence-electron chi connectivity index (χ3n) is 4.62. The molecule has 4 N–H and O–H groups in total. The van der Waals surface area contributed by atoms with Gasteiger partial charge in [-0.1, -0.05) is 39.0 Å². The number of aliphatic carboxylic acids is 1. The van der Waals surface area contributed by atoms with Crippen molar-refractivity contribution in [3.05, 3.63) is 66.5 Å². The number of carboxylic acids is 1. The molecule has 0 aliphatic heterocycles. The van der Waals surface area contributed by atoms with E-state index in [0.29, 0.717) is 17.3 Å². The van der Waals surface area contributed by atoms with Gasteiger partial charge in [0.25, 0.3) is 0 Å². The number of carbonyl (C=O) groups is 1. The summed E-state index contributed by atoms with van der Waals surface area (Å²) in [4.78, 5) is 17.5. The van der Waals surface area contributed by atoms with Gasteiger partial charge in [0.2, 0.25) is 10.0 Å². The second kappa shape index (κ2) is 11.4. The summed E-state index contributed by atoms with van der Waals surface area (Å²) in [6, 6.07) is 16.5. The second-order valence-electron chi connectivity index (χ2n) is 8.40. The molecule has 3 aromatic rings. The van der Waals surface area contributed by atoms with Crippen LogP contribution in [0.3, 0.4) is 0 Å². The number of nitrogens with one attached hydrogen (secondary N) is 3. The van der Waals surface area contributed by atoms with Crippen LogP contribution < -0.4 is 15.4 Å². The molecule has 36 heavy (non-hydrogen) atoms. The lowest BCUT2D eigenvalue weighted by molar-refractivity contribution is -0.192. The zero-order chi connectivity index (χ0) is 27.1. The molecule has 0 saturated heterocycles. The first kappa shape index (κ1) is 28.5. The minimum atomic E-state index is -5.08. The Balaban J connectivity index is 0.000000572. The van der Waals surface area contributed by atoms with E-state index < -0.39 is 22.2 Å². The highest BCUT2D eigenvalue weighted by atomic mass is 32.2. The number of alkyl halides is 3. The zero-order valence-electron chi connectivity index (χ0n) is 19.9. The highest BCUT2D eigenvalue weighted by Crippen LogP contribution is 2.25. The molecular formula is C23H26F3N5O4S. The molecule has 9 nitrogen and oxygen atoms in total. The Kier molecular flexibility index (Phi) is 8.99. The van der Waals surface area contributed by atoms with Crippen molar-refractivity contribution in [3.63, 3.8) is 0 Å². The number of aromatic nitrogens is 2. The molecule has 0 bridgehead atoms. The number of benzene rings is 2. The van der Waals surface area contributed by atoms with Crippen molar-refractivity contribution in [2.45, 2.75) is 37.3 Å². The van der Waals surface area contributed by atoms with E-state index in [2.05, 4.69) is 58.2 Å². The number of rotatable bonds is 6. The van der Waals surface area contributed by atoms with Crippen molar-refractivity contribution in [1.82, 2.24) is 14.7 Å². The van der Waals surface area contributed by atoms with Gasteiger partial charge >= 0.3 is 12.1 Å². The summed E-state index contributed by atoms with van der Waals surface area (Å²) in [7, 11) is -2.13. The maximum atomic E-state index is 12.0. The molecule has 0 fully saturated rings. The standard InChI is InChI=1S/C21H25N5O2S.C2HF3O2/c1-21(2,3)15-8-10-16(11-9-15)25-19-13-20(24-14-23-19)26-17-6-5-7-18(12-17)29(27,28)22-4;3-2(4,5)1(6)7/h5-14,22H,1-4H3,(H2,23,24,25,26);(H,6,7). The molecule has 13 heteroatoms. The molecule has 1 heterocycles. The Morgan fingerprint density at radius 1 is 0.889 bits per heavy atom. The van der Waals surface area contributed by atoms with Crippen LogP contribution >= 0.6 is 0 Å². The fourth-order valence-electron chi connectivity index (χ4n) is 2.70. The quantitative estimate of drug-likeness (QED) is 0.361. The van der Waals surface area contributed by atoms with Crippen LogP contribution in [-0.2, 0) is 20.2 Å². The minimum absolute atomic E-state index is 0.0971. The van der Waals surface area contributed by atoms with Crippen molar-refractivity contribution in [2.24, 2.45) is 0 Å². The molecule has 0 unspecified atom stereocenters. The van der Waals surface area contributed by atoms with E-state index in [1.54, 1.807) is 24.3 Å². The van der Waals surface area contributed by atoms with Crippen LogP contribution in [0.15, 0.2) is 65.8 Å². The van der Waals surface area contributed by atoms with Crippen LogP contribution in [0.2, 0.25) is 0 Å². The number of carboxylic acid groups (broad SMARTS) is 1. The highest BCUT2D eigenvalue weighted by Gasteiger charge is 2.38. The molecule has 2 aromatic carbocycles. The first-order valence-electron chi connectivity index (χ1n) is 10.4. The molecule has 1 aromatic heterocycles. The van der Waals surface area contributed by atoms with Gasteiger partial charge in [0.1, 0.15) is 18.0 Å². The van der Waals surface area contributed by atoms with E-state index in [0.717, 1.165) is 5.69 Å². The van der Waals surface area contributed by atoms with Gasteiger partial charge in [0, 0.05) is 17.4 Å². The SMILES string of the molecule is CNS(=O)(=O)c1cccc(Nc2cc(Nc3ccc(C(C)(C)C)cc3)ncn2)c1.O=C(O)C(F)(F)F. The molecule has 0 atom stereocenters. The fraction of sp³-hybridized carbons (Fsp3) is 0.261. The van der Waals surface area contributed by atoms with Crippen molar-refractivity contribution in [2.75, 3.05) is 17.7 Å². The third kappa shape index (κ3) is 8.50. The summed E-state index contributed by atoms with van der Waals surface area (Å²) >= 11 is 0. The molecule has 3 rings (SSSR count). The molecule has 0 amide bonds. The Hall–Kier alpha value is -3.71. The van der Waals surface area contributed by atoms with Crippen molar-refractivity contribution >= 4 is 39.0 Å². The molecule has 0 spiro atoms. The summed E-state index contributed by atoms with van der Waals surface area (Å²) in [5, 5.41) is 13.5. The Morgan fingerprint density at radius 3 is 1.89 bits per heavy atom. The minimum Gasteiger partial charge on any atom is -0.475 e. The van der Waals surface area contributed by atoms with Gasteiger partial charge in [-0.05, 0) is 48.4 Å². The molecular weight excluding hydrogens is 499 g/mol. The van der Waals surface area contributed by atoms with Crippen LogP contribution in [0, 0.1) is 0 Å². The number of anilines is 4. The van der Waals surface area contributed by atoms with Crippen LogP contribution in [0.5, 0.6) is 0 Å². The summed E-state index contributed by atoms with van der Waals surface area (Å²) in [5.41, 5.74) is 2.88. The van der Waals surface area contributed by atoms with E-state index >= 15 is 0 Å². The first-order valence-corrected chi connectivity index (χ1v) is 11.9. The molecule has 0 aliphatic rings. The number of halogens is 3. The zero-order valence-corrected chi connectivity index (χ0v) is 20.7. The van der Waals surface area contributed by atoms with E-state index in [-0.39, 0.29) is 10.3 Å². The van der Waals surface area contributed by atoms with Crippen LogP contribution in [-0.4, -0.2) is 42.7 Å². The summed E-state index contributed by atoms with van der Waals surface area (Å²) < 4.78 is 58.0. The Bertz CT molecular complexity index is 1290. The van der Waals surface area contributed by atoms with Crippen molar-refractivity contribution < 1.29 is 31.5 Å². The van der Waals surface area contributed by atoms with Crippen LogP contribution in [0.25, 0.3) is 0 Å². The topological polar surface area (TPSA) is 133 Å². The molecule has 0 aliphatic carbocycles. The number of hydrogen-bond donors (Lipinski definition) is 4. The molecule has 0 radical (unpaired) electrons. The number of sulfonamides is 1. The smallest absolute Gasteiger partial charge is 0.475 e. The maximum absolute atomic E-state index is 12.0. The van der Waals surface area contributed by atoms with Gasteiger partial charge in [-0.2, -0.15) is 13.2 Å². The number of hydrogen-bond acceptors (Lipinski definition) is 7. The van der Waals surface area contributed by atoms with Gasteiger partial charge in [-0.3, -0.25) is 0 Å². The van der Waals surface area contributed by atoms with E-state index in [1.807, 2.05) is 12.1 Å². The summed E-state index contributed by atoms with van der Waals surface area (Å²) in [6.07, 6.45) is -3.64. The molecule has 0 saturated carbocycles. The third-order valence-corrected chi connectivity index (χ3v) is 6.03. The number of nitrogens with zero attached hydrogens (tertiary/aromatic N) is 2. The second-order valence-corrected chi connectivity index (χ2v) is 10.3. The van der Waals surface area contributed by atoms with Gasteiger partial charge in [0.05, 0.1) is 4.90 Å². The predicted molar refractivity (Wildman–Crippen MR) is 130 cm³/mol. The highest BCUT2D eigenvalue weighted by molar-refractivity contribution is 7.89. The lowest BCUT2D eigenvalue weighted by Crippen LogP contribution is -2.21. The van der Waals surface area contributed by atoms with Crippen molar-refractivity contribution in [1.29, 1.82) is 0 Å². The van der Waals surface area contributed by atoms with Gasteiger partial charge < -0.3 is 15.7 Å². The molecule has 194 valence electrons. The van der Waals surface area contributed by atoms with E-state index in [1.165, 1.54) is 25.0 Å². The lowest BCUT2D eigenvalue weighted by atomic mass is 9.87. The maximum Gasteiger partial charge on any atom is 0.490 e. The van der Waals surface area contributed by atoms with Gasteiger partial charge in [0.15, 0.2) is 0 Å². The monoisotopic (exact) mass is 525 g/mol. The van der Waals surface area contributed by atoms with Crippen molar-refractivity contribution in [3.8, 4) is 0 Å². The van der Waals surface area contributed by atoms with Gasteiger partial charge in [-0.25, -0.2) is 27.9 Å². The summed E-state index contributed by atoms with van der Waals surface area (Å²) in [6.45, 7) is 6.53. The average Bonchev–Trinajstić information content (AvgIpc) is 2.79. The predicted octanol–water partition coefficient (Wildman–Crippen LogP) is 4.80. The first-order chi connectivity index (χ1) is 16.6. The Morgan fingerprint density at radius 2 is 1.42 bits per heavy atom. The van der Waals surface area contributed by atoms with Gasteiger partial charge in [-0.15, -0.1) is 0 Å². The Labute approximate surface area is 206 Å².